The van der Waals surface area contributed by atoms with Crippen LogP contribution in [0.15, 0.2) is 78.9 Å². The lowest BCUT2D eigenvalue weighted by Crippen LogP contribution is -2.39. The smallest absolute Gasteiger partial charge is 0.309 e. The third-order valence-corrected chi connectivity index (χ3v) is 3.78. The number of hydrogen-bond donors (Lipinski definition) is 1. The van der Waals surface area contributed by atoms with Gasteiger partial charge in [-0.15, -0.1) is 0 Å². The van der Waals surface area contributed by atoms with E-state index in [0.29, 0.717) is 6.54 Å². The van der Waals surface area contributed by atoms with Crippen LogP contribution in [-0.2, 0) is 11.3 Å². The van der Waals surface area contributed by atoms with Crippen LogP contribution >= 0.6 is 0 Å². The third-order valence-electron chi connectivity index (χ3n) is 3.78. The van der Waals surface area contributed by atoms with Crippen molar-refractivity contribution in [3.63, 3.8) is 0 Å². The molecule has 23 heavy (non-hydrogen) atoms. The zero-order chi connectivity index (χ0) is 16.1. The van der Waals surface area contributed by atoms with Gasteiger partial charge in [-0.05, 0) is 30.3 Å². The standard InChI is InChI=1S/C20H17NO2/c22-20(23)14-15-21-18(16-8-3-1-4-9-16)12-7-13-19(21)17-10-5-2-6-11-17/h1-13H,14-15H2/p+1. The first-order valence-electron chi connectivity index (χ1n) is 7.61. The molecule has 0 saturated heterocycles. The summed E-state index contributed by atoms with van der Waals surface area (Å²) >= 11 is 0. The zero-order valence-electron chi connectivity index (χ0n) is 12.7. The van der Waals surface area contributed by atoms with Gasteiger partial charge in [-0.2, -0.15) is 4.57 Å². The summed E-state index contributed by atoms with van der Waals surface area (Å²) < 4.78 is 2.08. The van der Waals surface area contributed by atoms with Crippen molar-refractivity contribution in [3.05, 3.63) is 78.9 Å². The summed E-state index contributed by atoms with van der Waals surface area (Å²) in [5, 5.41) is 9.08. The Hall–Kier alpha value is -2.94. The molecule has 0 radical (unpaired) electrons. The summed E-state index contributed by atoms with van der Waals surface area (Å²) in [7, 11) is 0. The summed E-state index contributed by atoms with van der Waals surface area (Å²) in [6.45, 7) is 0.435. The van der Waals surface area contributed by atoms with Crippen LogP contribution in [0.3, 0.4) is 0 Å². The van der Waals surface area contributed by atoms with Crippen molar-refractivity contribution in [2.45, 2.75) is 13.0 Å². The van der Waals surface area contributed by atoms with Gasteiger partial charge in [0.05, 0.1) is 0 Å². The minimum atomic E-state index is -0.792. The number of pyridine rings is 1. The van der Waals surface area contributed by atoms with E-state index >= 15 is 0 Å². The molecule has 0 saturated carbocycles. The number of carboxylic acid groups (broad SMARTS) is 1. The molecule has 1 heterocycles. The van der Waals surface area contributed by atoms with Crippen molar-refractivity contribution in [1.82, 2.24) is 0 Å². The van der Waals surface area contributed by atoms with Crippen LogP contribution < -0.4 is 4.57 Å². The Morgan fingerprint density at radius 1 is 0.739 bits per heavy atom. The van der Waals surface area contributed by atoms with Crippen molar-refractivity contribution in [2.75, 3.05) is 0 Å². The van der Waals surface area contributed by atoms with Crippen LogP contribution in [0.2, 0.25) is 0 Å². The van der Waals surface area contributed by atoms with Crippen molar-refractivity contribution in [2.24, 2.45) is 0 Å². The van der Waals surface area contributed by atoms with E-state index in [2.05, 4.69) is 4.57 Å². The zero-order valence-corrected chi connectivity index (χ0v) is 12.7. The minimum Gasteiger partial charge on any atom is -0.481 e. The number of aliphatic carboxylic acids is 1. The van der Waals surface area contributed by atoms with Crippen molar-refractivity contribution >= 4 is 5.97 Å². The van der Waals surface area contributed by atoms with E-state index in [9.17, 15) is 4.79 Å². The summed E-state index contributed by atoms with van der Waals surface area (Å²) in [4.78, 5) is 11.1. The molecule has 0 aliphatic heterocycles. The Balaban J connectivity index is 2.14. The molecule has 2 aromatic carbocycles. The molecular formula is C20H18NO2+. The highest BCUT2D eigenvalue weighted by Crippen LogP contribution is 2.21. The minimum absolute atomic E-state index is 0.0916. The Kier molecular flexibility index (Phi) is 4.48. The Morgan fingerprint density at radius 3 is 1.65 bits per heavy atom. The van der Waals surface area contributed by atoms with Crippen molar-refractivity contribution in [3.8, 4) is 22.5 Å². The molecule has 0 aliphatic rings. The maximum Gasteiger partial charge on any atom is 0.309 e. The van der Waals surface area contributed by atoms with Gasteiger partial charge in [-0.1, -0.05) is 36.4 Å². The maximum atomic E-state index is 11.1. The molecule has 1 N–H and O–H groups in total. The fourth-order valence-corrected chi connectivity index (χ4v) is 2.71. The van der Waals surface area contributed by atoms with Gasteiger partial charge in [0.15, 0.2) is 6.54 Å². The second kappa shape index (κ2) is 6.88. The largest absolute Gasteiger partial charge is 0.481 e. The Morgan fingerprint density at radius 2 is 1.22 bits per heavy atom. The van der Waals surface area contributed by atoms with Crippen LogP contribution in [0.4, 0.5) is 0 Å². The highest BCUT2D eigenvalue weighted by molar-refractivity contribution is 5.66. The second-order valence-corrected chi connectivity index (χ2v) is 5.32. The molecule has 1 aromatic heterocycles. The fourth-order valence-electron chi connectivity index (χ4n) is 2.71. The molecule has 0 unspecified atom stereocenters. The SMILES string of the molecule is O=C(O)CC[n+]1c(-c2ccccc2)cccc1-c1ccccc1. The molecule has 0 atom stereocenters. The van der Waals surface area contributed by atoms with E-state index in [-0.39, 0.29) is 6.42 Å². The maximum absolute atomic E-state index is 11.1. The second-order valence-electron chi connectivity index (χ2n) is 5.32. The van der Waals surface area contributed by atoms with Gasteiger partial charge in [-0.3, -0.25) is 4.79 Å². The summed E-state index contributed by atoms with van der Waals surface area (Å²) in [6, 6.07) is 26.2. The van der Waals surface area contributed by atoms with E-state index in [1.807, 2.05) is 78.9 Å². The van der Waals surface area contributed by atoms with Crippen molar-refractivity contribution < 1.29 is 14.5 Å². The molecule has 0 bridgehead atoms. The number of rotatable bonds is 5. The molecule has 3 rings (SSSR count). The van der Waals surface area contributed by atoms with Gasteiger partial charge in [-0.25, -0.2) is 0 Å². The molecule has 0 aliphatic carbocycles. The number of nitrogens with zero attached hydrogens (tertiary/aromatic N) is 1. The van der Waals surface area contributed by atoms with Crippen LogP contribution in [0, 0.1) is 0 Å². The molecule has 0 spiro atoms. The van der Waals surface area contributed by atoms with E-state index < -0.39 is 5.97 Å². The number of benzene rings is 2. The molecule has 3 heteroatoms. The van der Waals surface area contributed by atoms with E-state index in [0.717, 1.165) is 22.5 Å². The summed E-state index contributed by atoms with van der Waals surface area (Å²) in [6.07, 6.45) is 0.0916. The fraction of sp³-hybridized carbons (Fsp3) is 0.100. The van der Waals surface area contributed by atoms with Gasteiger partial charge in [0.2, 0.25) is 11.4 Å². The average molecular weight is 304 g/mol. The first-order valence-corrected chi connectivity index (χ1v) is 7.61. The topological polar surface area (TPSA) is 41.2 Å². The summed E-state index contributed by atoms with van der Waals surface area (Å²) in [5.41, 5.74) is 4.20. The van der Waals surface area contributed by atoms with Gasteiger partial charge >= 0.3 is 5.97 Å². The highest BCUT2D eigenvalue weighted by atomic mass is 16.4. The van der Waals surface area contributed by atoms with Gasteiger partial charge in [0.1, 0.15) is 6.42 Å². The Labute approximate surface area is 135 Å². The quantitative estimate of drug-likeness (QED) is 0.729. The molecule has 3 aromatic rings. The number of carboxylic acids is 1. The third kappa shape index (κ3) is 3.46. The average Bonchev–Trinajstić information content (AvgIpc) is 2.61. The predicted molar refractivity (Wildman–Crippen MR) is 89.8 cm³/mol. The van der Waals surface area contributed by atoms with Crippen LogP contribution in [-0.4, -0.2) is 11.1 Å². The number of aromatic nitrogens is 1. The summed E-state index contributed by atoms with van der Waals surface area (Å²) in [5.74, 6) is -0.792. The van der Waals surface area contributed by atoms with Crippen LogP contribution in [0.25, 0.3) is 22.5 Å². The normalized spacial score (nSPS) is 10.4. The highest BCUT2D eigenvalue weighted by Gasteiger charge is 2.20. The number of hydrogen-bond acceptors (Lipinski definition) is 1. The van der Waals surface area contributed by atoms with E-state index in [1.165, 1.54) is 0 Å². The first-order chi connectivity index (χ1) is 11.3. The van der Waals surface area contributed by atoms with Crippen LogP contribution in [0.5, 0.6) is 0 Å². The van der Waals surface area contributed by atoms with E-state index in [1.54, 1.807) is 0 Å². The van der Waals surface area contributed by atoms with Gasteiger partial charge < -0.3 is 5.11 Å². The monoisotopic (exact) mass is 304 g/mol. The lowest BCUT2D eigenvalue weighted by molar-refractivity contribution is -0.674. The van der Waals surface area contributed by atoms with Gasteiger partial charge in [0, 0.05) is 23.3 Å². The molecule has 114 valence electrons. The molecule has 0 fully saturated rings. The lowest BCUT2D eigenvalue weighted by atomic mass is 10.1. The van der Waals surface area contributed by atoms with Gasteiger partial charge in [0.25, 0.3) is 0 Å². The molecular weight excluding hydrogens is 286 g/mol. The Bertz CT molecular complexity index is 741. The van der Waals surface area contributed by atoms with Crippen LogP contribution in [0.1, 0.15) is 6.42 Å². The van der Waals surface area contributed by atoms with Crippen molar-refractivity contribution in [1.29, 1.82) is 0 Å². The predicted octanol–water partition coefficient (Wildman–Crippen LogP) is 3.78. The van der Waals surface area contributed by atoms with E-state index in [4.69, 9.17) is 5.11 Å². The lowest BCUT2D eigenvalue weighted by Gasteiger charge is -2.09. The molecule has 0 amide bonds. The molecule has 3 nitrogen and oxygen atoms in total. The number of carbonyl (C=O) groups is 1. The first kappa shape index (κ1) is 15.0.